The molecule has 1 aromatic carbocycles. The summed E-state index contributed by atoms with van der Waals surface area (Å²) in [5.41, 5.74) is 5.76. The lowest BCUT2D eigenvalue weighted by molar-refractivity contribution is -0.113. The summed E-state index contributed by atoms with van der Waals surface area (Å²) in [6, 6.07) is 7.25. The third-order valence-corrected chi connectivity index (χ3v) is 1.66. The maximum atomic E-state index is 10.6. The number of terminal acetylenes is 1. The Labute approximate surface area is 88.5 Å². The zero-order chi connectivity index (χ0) is 11.1. The monoisotopic (exact) mass is 201 g/mol. The van der Waals surface area contributed by atoms with Crippen molar-refractivity contribution in [2.24, 2.45) is 5.73 Å². The van der Waals surface area contributed by atoms with Gasteiger partial charge < -0.3 is 10.5 Å². The van der Waals surface area contributed by atoms with E-state index in [9.17, 15) is 4.79 Å². The van der Waals surface area contributed by atoms with E-state index < -0.39 is 5.91 Å². The molecule has 0 aliphatic heterocycles. The number of carbonyl (C=O) groups is 1. The van der Waals surface area contributed by atoms with Crippen molar-refractivity contribution < 1.29 is 9.53 Å². The zero-order valence-electron chi connectivity index (χ0n) is 8.14. The molecular formula is C12H11NO2. The van der Waals surface area contributed by atoms with Crippen molar-refractivity contribution in [3.05, 3.63) is 35.9 Å². The average Bonchev–Trinajstić information content (AvgIpc) is 2.24. The first-order valence-corrected chi connectivity index (χ1v) is 4.37. The van der Waals surface area contributed by atoms with Crippen LogP contribution in [0.2, 0.25) is 0 Å². The van der Waals surface area contributed by atoms with Gasteiger partial charge in [-0.25, -0.2) is 0 Å². The maximum absolute atomic E-state index is 10.6. The molecule has 0 fully saturated rings. The number of primary amides is 1. The summed E-state index contributed by atoms with van der Waals surface area (Å²) in [5, 5.41) is 0. The summed E-state index contributed by atoms with van der Waals surface area (Å²) in [4.78, 5) is 10.6. The topological polar surface area (TPSA) is 52.3 Å². The largest absolute Gasteiger partial charge is 0.480 e. The predicted molar refractivity (Wildman–Crippen MR) is 59.0 cm³/mol. The smallest absolute Gasteiger partial charge is 0.241 e. The lowest BCUT2D eigenvalue weighted by Gasteiger charge is -2.05. The molecule has 1 rings (SSSR count). The van der Waals surface area contributed by atoms with Crippen LogP contribution in [0.3, 0.4) is 0 Å². The van der Waals surface area contributed by atoms with Crippen LogP contribution in [0.4, 0.5) is 0 Å². The minimum Gasteiger partial charge on any atom is -0.480 e. The van der Waals surface area contributed by atoms with Crippen LogP contribution in [0.1, 0.15) is 5.56 Å². The normalized spacial score (nSPS) is 9.80. The molecule has 1 amide bonds. The molecule has 0 saturated heterocycles. The maximum Gasteiger partial charge on any atom is 0.241 e. The summed E-state index contributed by atoms with van der Waals surface area (Å²) in [7, 11) is 0. The van der Waals surface area contributed by atoms with Gasteiger partial charge >= 0.3 is 0 Å². The highest BCUT2D eigenvalue weighted by atomic mass is 16.5. The highest BCUT2D eigenvalue weighted by Crippen LogP contribution is 2.18. The van der Waals surface area contributed by atoms with Crippen molar-refractivity contribution >= 4 is 12.0 Å². The number of rotatable bonds is 4. The van der Waals surface area contributed by atoms with Gasteiger partial charge in [0.1, 0.15) is 12.4 Å². The van der Waals surface area contributed by atoms with Gasteiger partial charge in [-0.1, -0.05) is 24.1 Å². The second kappa shape index (κ2) is 5.51. The number of hydrogen-bond donors (Lipinski definition) is 1. The number of nitrogens with two attached hydrogens (primary N) is 1. The number of carbonyl (C=O) groups excluding carboxylic acids is 1. The summed E-state index contributed by atoms with van der Waals surface area (Å²) in [6.07, 6.45) is 7.95. The third-order valence-electron chi connectivity index (χ3n) is 1.66. The molecule has 0 spiro atoms. The van der Waals surface area contributed by atoms with E-state index in [4.69, 9.17) is 16.9 Å². The first-order chi connectivity index (χ1) is 7.24. The molecular weight excluding hydrogens is 190 g/mol. The molecule has 3 nitrogen and oxygen atoms in total. The molecule has 0 bridgehead atoms. The van der Waals surface area contributed by atoms with Gasteiger partial charge in [-0.2, -0.15) is 0 Å². The second-order valence-corrected chi connectivity index (χ2v) is 2.77. The molecule has 0 aromatic heterocycles. The molecule has 76 valence electrons. The molecule has 15 heavy (non-hydrogen) atoms. The zero-order valence-corrected chi connectivity index (χ0v) is 8.14. The van der Waals surface area contributed by atoms with Gasteiger partial charge in [0.25, 0.3) is 0 Å². The first kappa shape index (κ1) is 10.9. The quantitative estimate of drug-likeness (QED) is 0.587. The van der Waals surface area contributed by atoms with Crippen LogP contribution >= 0.6 is 0 Å². The van der Waals surface area contributed by atoms with Crippen LogP contribution in [0, 0.1) is 12.3 Å². The van der Waals surface area contributed by atoms with E-state index in [1.807, 2.05) is 18.2 Å². The third kappa shape index (κ3) is 3.57. The highest BCUT2D eigenvalue weighted by Gasteiger charge is 1.98. The molecule has 1 aromatic rings. The molecule has 0 heterocycles. The molecule has 0 aliphatic carbocycles. The van der Waals surface area contributed by atoms with Gasteiger partial charge in [0.05, 0.1) is 0 Å². The van der Waals surface area contributed by atoms with Crippen molar-refractivity contribution in [1.82, 2.24) is 0 Å². The number of benzene rings is 1. The lowest BCUT2D eigenvalue weighted by Crippen LogP contribution is -2.05. The standard InChI is InChI=1S/C12H11NO2/c1-2-9-15-11-6-4-3-5-10(11)7-8-12(13)14/h1,3-8H,9H2,(H2,13,14)/b8-7-. The molecule has 0 saturated carbocycles. The van der Waals surface area contributed by atoms with Crippen molar-refractivity contribution in [3.63, 3.8) is 0 Å². The lowest BCUT2D eigenvalue weighted by atomic mass is 10.2. The van der Waals surface area contributed by atoms with E-state index in [1.165, 1.54) is 6.08 Å². The van der Waals surface area contributed by atoms with E-state index in [0.717, 1.165) is 5.56 Å². The van der Waals surface area contributed by atoms with Crippen LogP contribution in [0.25, 0.3) is 6.08 Å². The Morgan fingerprint density at radius 3 is 2.93 bits per heavy atom. The molecule has 0 unspecified atom stereocenters. The van der Waals surface area contributed by atoms with Crippen LogP contribution in [-0.2, 0) is 4.79 Å². The molecule has 2 N–H and O–H groups in total. The Balaban J connectivity index is 2.86. The number of hydrogen-bond acceptors (Lipinski definition) is 2. The Morgan fingerprint density at radius 2 is 2.27 bits per heavy atom. The van der Waals surface area contributed by atoms with Gasteiger partial charge in [0.15, 0.2) is 0 Å². The van der Waals surface area contributed by atoms with Gasteiger partial charge in [-0.15, -0.1) is 6.42 Å². The molecule has 0 atom stereocenters. The van der Waals surface area contributed by atoms with Gasteiger partial charge in [-0.3, -0.25) is 4.79 Å². The Kier molecular flexibility index (Phi) is 3.99. The minimum absolute atomic E-state index is 0.196. The van der Waals surface area contributed by atoms with Gasteiger partial charge in [0, 0.05) is 11.6 Å². The number of amides is 1. The second-order valence-electron chi connectivity index (χ2n) is 2.77. The van der Waals surface area contributed by atoms with E-state index in [1.54, 1.807) is 12.1 Å². The van der Waals surface area contributed by atoms with E-state index in [2.05, 4.69) is 5.92 Å². The fraction of sp³-hybridized carbons (Fsp3) is 0.0833. The Bertz CT molecular complexity index is 416. The van der Waals surface area contributed by atoms with Crippen LogP contribution in [0.5, 0.6) is 5.75 Å². The fourth-order valence-corrected chi connectivity index (χ4v) is 1.04. The van der Waals surface area contributed by atoms with Crippen LogP contribution in [0.15, 0.2) is 30.3 Å². The van der Waals surface area contributed by atoms with Crippen molar-refractivity contribution in [3.8, 4) is 18.1 Å². The van der Waals surface area contributed by atoms with Crippen molar-refractivity contribution in [2.75, 3.05) is 6.61 Å². The fourth-order valence-electron chi connectivity index (χ4n) is 1.04. The molecule has 3 heteroatoms. The van der Waals surface area contributed by atoms with Crippen LogP contribution < -0.4 is 10.5 Å². The summed E-state index contributed by atoms with van der Waals surface area (Å²) < 4.78 is 5.28. The van der Waals surface area contributed by atoms with Gasteiger partial charge in [-0.05, 0) is 12.1 Å². The average molecular weight is 201 g/mol. The van der Waals surface area contributed by atoms with Crippen molar-refractivity contribution in [2.45, 2.75) is 0 Å². The number of para-hydroxylation sites is 1. The van der Waals surface area contributed by atoms with E-state index in [0.29, 0.717) is 5.75 Å². The Morgan fingerprint density at radius 1 is 1.53 bits per heavy atom. The van der Waals surface area contributed by atoms with Crippen molar-refractivity contribution in [1.29, 1.82) is 0 Å². The molecule has 0 aliphatic rings. The van der Waals surface area contributed by atoms with Gasteiger partial charge in [0.2, 0.25) is 5.91 Å². The summed E-state index contributed by atoms with van der Waals surface area (Å²) >= 11 is 0. The first-order valence-electron chi connectivity index (χ1n) is 4.37. The predicted octanol–water partition coefficient (Wildman–Crippen LogP) is 1.20. The highest BCUT2D eigenvalue weighted by molar-refractivity contribution is 5.90. The number of ether oxygens (including phenoxy) is 1. The summed E-state index contributed by atoms with van der Waals surface area (Å²) in [5.74, 6) is 2.50. The molecule has 0 radical (unpaired) electrons. The van der Waals surface area contributed by atoms with E-state index >= 15 is 0 Å². The van der Waals surface area contributed by atoms with Crippen LogP contribution in [-0.4, -0.2) is 12.5 Å². The summed E-state index contributed by atoms with van der Waals surface area (Å²) in [6.45, 7) is 0.196. The Hall–Kier alpha value is -2.21. The van der Waals surface area contributed by atoms with E-state index in [-0.39, 0.29) is 6.61 Å². The minimum atomic E-state index is -0.498. The SMILES string of the molecule is C#CCOc1ccccc1/C=C\C(N)=O.